The molecule has 0 spiro atoms. The molecule has 2 aromatic carbocycles. The van der Waals surface area contributed by atoms with Crippen LogP contribution in [-0.2, 0) is 6.18 Å². The lowest BCUT2D eigenvalue weighted by Gasteiger charge is -2.16. The number of anilines is 1. The zero-order valence-electron chi connectivity index (χ0n) is 14.4. The first-order valence-electron chi connectivity index (χ1n) is 8.16. The van der Waals surface area contributed by atoms with Gasteiger partial charge in [-0.3, -0.25) is 14.6 Å². The molecule has 0 saturated carbocycles. The lowest BCUT2D eigenvalue weighted by Crippen LogP contribution is -2.30. The average Bonchev–Trinajstić information content (AvgIpc) is 2.86. The maximum absolute atomic E-state index is 13.4. The standard InChI is InChI=1S/C20H13F3N2O2/c1-10-6-3-4-9-14(10)25-18(26)15-11(2)24-17-12(16(15)19(25)27)7-5-8-13(17)20(21,22)23/h3-9H,1-2H3. The number of nitrogens with zero attached hydrogens (tertiary/aromatic N) is 2. The smallest absolute Gasteiger partial charge is 0.268 e. The van der Waals surface area contributed by atoms with Crippen LogP contribution in [0.5, 0.6) is 0 Å². The van der Waals surface area contributed by atoms with Crippen LogP contribution < -0.4 is 4.90 Å². The summed E-state index contributed by atoms with van der Waals surface area (Å²) in [6.07, 6.45) is -4.62. The van der Waals surface area contributed by atoms with Gasteiger partial charge in [-0.05, 0) is 31.5 Å². The van der Waals surface area contributed by atoms with E-state index in [1.807, 2.05) is 0 Å². The van der Waals surface area contributed by atoms with Crippen LogP contribution in [0.2, 0.25) is 0 Å². The highest BCUT2D eigenvalue weighted by Crippen LogP contribution is 2.39. The van der Waals surface area contributed by atoms with Crippen LogP contribution in [0.3, 0.4) is 0 Å². The van der Waals surface area contributed by atoms with Gasteiger partial charge in [0.05, 0.1) is 33.6 Å². The maximum Gasteiger partial charge on any atom is 0.418 e. The van der Waals surface area contributed by atoms with E-state index in [2.05, 4.69) is 4.98 Å². The number of hydrogen-bond donors (Lipinski definition) is 0. The lowest BCUT2D eigenvalue weighted by molar-refractivity contribution is -0.136. The van der Waals surface area contributed by atoms with Crippen molar-refractivity contribution >= 4 is 28.4 Å². The van der Waals surface area contributed by atoms with Gasteiger partial charge in [-0.15, -0.1) is 0 Å². The normalized spacial score (nSPS) is 14.2. The summed E-state index contributed by atoms with van der Waals surface area (Å²) < 4.78 is 40.1. The fourth-order valence-corrected chi connectivity index (χ4v) is 3.47. The van der Waals surface area contributed by atoms with Crippen LogP contribution in [-0.4, -0.2) is 16.8 Å². The van der Waals surface area contributed by atoms with Crippen molar-refractivity contribution in [3.8, 4) is 0 Å². The number of carbonyl (C=O) groups excluding carboxylic acids is 2. The molecule has 7 heteroatoms. The molecule has 0 bridgehead atoms. The molecule has 27 heavy (non-hydrogen) atoms. The van der Waals surface area contributed by atoms with E-state index in [1.54, 1.807) is 31.2 Å². The molecular weight excluding hydrogens is 357 g/mol. The van der Waals surface area contributed by atoms with Crippen molar-refractivity contribution in [2.24, 2.45) is 0 Å². The molecule has 2 heterocycles. The summed E-state index contributed by atoms with van der Waals surface area (Å²) in [7, 11) is 0. The van der Waals surface area contributed by atoms with Gasteiger partial charge in [-0.1, -0.05) is 30.3 Å². The number of imide groups is 1. The summed E-state index contributed by atoms with van der Waals surface area (Å²) in [5.74, 6) is -1.22. The van der Waals surface area contributed by atoms with Gasteiger partial charge < -0.3 is 0 Å². The number of carbonyl (C=O) groups is 2. The highest BCUT2D eigenvalue weighted by Gasteiger charge is 2.42. The topological polar surface area (TPSA) is 50.3 Å². The zero-order valence-corrected chi connectivity index (χ0v) is 14.4. The molecule has 0 saturated heterocycles. The number of alkyl halides is 3. The number of fused-ring (bicyclic) bond motifs is 3. The summed E-state index contributed by atoms with van der Waals surface area (Å²) in [6.45, 7) is 3.20. The molecule has 3 aromatic rings. The molecule has 0 N–H and O–H groups in total. The van der Waals surface area contributed by atoms with Gasteiger partial charge >= 0.3 is 6.18 Å². The number of halogens is 3. The monoisotopic (exact) mass is 370 g/mol. The summed E-state index contributed by atoms with van der Waals surface area (Å²) in [6, 6.07) is 10.4. The maximum atomic E-state index is 13.4. The molecule has 4 rings (SSSR count). The predicted octanol–water partition coefficient (Wildman–Crippen LogP) is 4.67. The van der Waals surface area contributed by atoms with E-state index < -0.39 is 23.6 Å². The van der Waals surface area contributed by atoms with Crippen LogP contribution in [0.15, 0.2) is 42.5 Å². The molecule has 2 amide bonds. The number of hydrogen-bond acceptors (Lipinski definition) is 3. The van der Waals surface area contributed by atoms with Gasteiger partial charge in [-0.25, -0.2) is 4.90 Å². The van der Waals surface area contributed by atoms with Crippen LogP contribution in [0, 0.1) is 13.8 Å². The first-order chi connectivity index (χ1) is 12.7. The van der Waals surface area contributed by atoms with Gasteiger partial charge in [0.2, 0.25) is 0 Å². The number of para-hydroxylation sites is 2. The van der Waals surface area contributed by atoms with E-state index in [-0.39, 0.29) is 27.7 Å². The first kappa shape index (κ1) is 17.2. The third-order valence-electron chi connectivity index (χ3n) is 4.69. The van der Waals surface area contributed by atoms with E-state index in [9.17, 15) is 22.8 Å². The Bertz CT molecular complexity index is 1140. The van der Waals surface area contributed by atoms with Crippen molar-refractivity contribution in [2.45, 2.75) is 20.0 Å². The van der Waals surface area contributed by atoms with Gasteiger partial charge in [0.15, 0.2) is 0 Å². The number of pyridine rings is 1. The number of benzene rings is 2. The van der Waals surface area contributed by atoms with Crippen LogP contribution in [0.25, 0.3) is 10.9 Å². The van der Waals surface area contributed by atoms with Crippen molar-refractivity contribution in [2.75, 3.05) is 4.90 Å². The molecule has 4 nitrogen and oxygen atoms in total. The number of rotatable bonds is 1. The fourth-order valence-electron chi connectivity index (χ4n) is 3.47. The molecule has 1 aromatic heterocycles. The van der Waals surface area contributed by atoms with Crippen LogP contribution >= 0.6 is 0 Å². The van der Waals surface area contributed by atoms with Gasteiger partial charge in [-0.2, -0.15) is 13.2 Å². The Morgan fingerprint density at radius 1 is 0.889 bits per heavy atom. The van der Waals surface area contributed by atoms with E-state index in [1.165, 1.54) is 19.1 Å². The Kier molecular flexibility index (Phi) is 3.59. The molecule has 1 aliphatic rings. The van der Waals surface area contributed by atoms with Gasteiger partial charge in [0.25, 0.3) is 11.8 Å². The second-order valence-electron chi connectivity index (χ2n) is 6.38. The molecule has 0 radical (unpaired) electrons. The highest BCUT2D eigenvalue weighted by atomic mass is 19.4. The minimum atomic E-state index is -4.62. The highest BCUT2D eigenvalue weighted by molar-refractivity contribution is 6.38. The second kappa shape index (κ2) is 5.64. The molecule has 0 atom stereocenters. The number of amides is 2. The minimum absolute atomic E-state index is 0.0276. The van der Waals surface area contributed by atoms with E-state index in [0.717, 1.165) is 11.0 Å². The minimum Gasteiger partial charge on any atom is -0.268 e. The third kappa shape index (κ3) is 2.42. The van der Waals surface area contributed by atoms with E-state index in [0.29, 0.717) is 11.3 Å². The Morgan fingerprint density at radius 3 is 2.22 bits per heavy atom. The van der Waals surface area contributed by atoms with Crippen molar-refractivity contribution in [1.29, 1.82) is 0 Å². The van der Waals surface area contributed by atoms with Gasteiger partial charge in [0, 0.05) is 5.39 Å². The Balaban J connectivity index is 2.03. The molecular formula is C20H13F3N2O2. The van der Waals surface area contributed by atoms with Crippen LogP contribution in [0.1, 0.15) is 37.5 Å². The lowest BCUT2D eigenvalue weighted by atomic mass is 10.00. The Labute approximate surface area is 152 Å². The van der Waals surface area contributed by atoms with Crippen molar-refractivity contribution in [3.05, 3.63) is 70.4 Å². The number of aryl methyl sites for hydroxylation is 2. The van der Waals surface area contributed by atoms with Crippen LogP contribution in [0.4, 0.5) is 18.9 Å². The molecule has 0 fully saturated rings. The van der Waals surface area contributed by atoms with E-state index >= 15 is 0 Å². The first-order valence-corrected chi connectivity index (χ1v) is 8.16. The summed E-state index contributed by atoms with van der Waals surface area (Å²) >= 11 is 0. The Morgan fingerprint density at radius 2 is 1.56 bits per heavy atom. The third-order valence-corrected chi connectivity index (χ3v) is 4.69. The number of aromatic nitrogens is 1. The second-order valence-corrected chi connectivity index (χ2v) is 6.38. The van der Waals surface area contributed by atoms with Crippen molar-refractivity contribution in [3.63, 3.8) is 0 Å². The van der Waals surface area contributed by atoms with E-state index in [4.69, 9.17) is 0 Å². The van der Waals surface area contributed by atoms with Crippen molar-refractivity contribution < 1.29 is 22.8 Å². The van der Waals surface area contributed by atoms with Gasteiger partial charge in [0.1, 0.15) is 0 Å². The summed E-state index contributed by atoms with van der Waals surface area (Å²) in [4.78, 5) is 31.1. The SMILES string of the molecule is Cc1ccccc1N1C(=O)c2c(C)nc3c(C(F)(F)F)cccc3c2C1=O. The molecule has 136 valence electrons. The predicted molar refractivity (Wildman–Crippen MR) is 93.8 cm³/mol. The fraction of sp³-hybridized carbons (Fsp3) is 0.150. The average molecular weight is 370 g/mol. The largest absolute Gasteiger partial charge is 0.418 e. The Hall–Kier alpha value is -3.22. The molecule has 0 unspecified atom stereocenters. The summed E-state index contributed by atoms with van der Waals surface area (Å²) in [5, 5.41) is 0.0276. The summed E-state index contributed by atoms with van der Waals surface area (Å²) in [5.41, 5.74) is -0.0220. The van der Waals surface area contributed by atoms with Crippen molar-refractivity contribution in [1.82, 2.24) is 4.98 Å². The quantitative estimate of drug-likeness (QED) is 0.585. The zero-order chi connectivity index (χ0) is 19.5. The molecule has 0 aliphatic carbocycles. The molecule has 1 aliphatic heterocycles.